The summed E-state index contributed by atoms with van der Waals surface area (Å²) < 4.78 is 13.3. The van der Waals surface area contributed by atoms with Crippen molar-refractivity contribution in [1.29, 1.82) is 0 Å². The minimum absolute atomic E-state index is 0.104. The summed E-state index contributed by atoms with van der Waals surface area (Å²) in [6.45, 7) is 5.54. The van der Waals surface area contributed by atoms with Crippen molar-refractivity contribution < 1.29 is 4.39 Å². The second-order valence-corrected chi connectivity index (χ2v) is 2.60. The van der Waals surface area contributed by atoms with Gasteiger partial charge in [-0.25, -0.2) is 4.39 Å². The summed E-state index contributed by atoms with van der Waals surface area (Å²) in [4.78, 5) is 0. The van der Waals surface area contributed by atoms with Gasteiger partial charge < -0.3 is 5.73 Å². The van der Waals surface area contributed by atoms with Crippen LogP contribution in [0, 0.1) is 0 Å². The molecule has 0 aliphatic carbocycles. The average molecular weight is 145 g/mol. The summed E-state index contributed by atoms with van der Waals surface area (Å²) >= 11 is 0. The van der Waals surface area contributed by atoms with Gasteiger partial charge in [0.15, 0.2) is 0 Å². The van der Waals surface area contributed by atoms with E-state index in [9.17, 15) is 4.39 Å². The summed E-state index contributed by atoms with van der Waals surface area (Å²) in [5.41, 5.74) is 4.06. The highest BCUT2D eigenvalue weighted by Gasteiger charge is 2.24. The van der Waals surface area contributed by atoms with Gasteiger partial charge in [0.25, 0.3) is 0 Å². The molecule has 10 heavy (non-hydrogen) atoms. The number of hydrogen-bond acceptors (Lipinski definition) is 1. The highest BCUT2D eigenvalue weighted by atomic mass is 19.1. The first-order chi connectivity index (χ1) is 4.68. The first-order valence-electron chi connectivity index (χ1n) is 3.68. The molecule has 0 radical (unpaired) electrons. The Kier molecular flexibility index (Phi) is 4.28. The summed E-state index contributed by atoms with van der Waals surface area (Å²) in [5, 5.41) is 0. The minimum atomic E-state index is -1.20. The summed E-state index contributed by atoms with van der Waals surface area (Å²) in [6.07, 6.45) is 3.33. The number of halogens is 1. The summed E-state index contributed by atoms with van der Waals surface area (Å²) in [5.74, 6) is 0. The van der Waals surface area contributed by atoms with Crippen molar-refractivity contribution in [3.8, 4) is 0 Å². The Hall–Kier alpha value is -0.370. The molecule has 0 saturated heterocycles. The molecule has 1 unspecified atom stereocenters. The Morgan fingerprint density at radius 1 is 1.70 bits per heavy atom. The van der Waals surface area contributed by atoms with E-state index in [1.54, 1.807) is 6.08 Å². The van der Waals surface area contributed by atoms with Gasteiger partial charge in [0.2, 0.25) is 0 Å². The second kappa shape index (κ2) is 4.45. The Labute approximate surface area is 62.1 Å². The molecule has 0 aliphatic rings. The van der Waals surface area contributed by atoms with Gasteiger partial charge >= 0.3 is 0 Å². The zero-order valence-corrected chi connectivity index (χ0v) is 6.57. The monoisotopic (exact) mass is 145 g/mol. The molecule has 1 atom stereocenters. The van der Waals surface area contributed by atoms with Crippen LogP contribution in [0.1, 0.15) is 26.2 Å². The summed E-state index contributed by atoms with van der Waals surface area (Å²) in [6, 6.07) is 0. The van der Waals surface area contributed by atoms with Crippen LogP contribution in [0.5, 0.6) is 0 Å². The van der Waals surface area contributed by atoms with Crippen LogP contribution < -0.4 is 5.73 Å². The molecule has 0 rings (SSSR count). The zero-order valence-electron chi connectivity index (χ0n) is 6.57. The fraction of sp³-hybridized carbons (Fsp3) is 0.750. The van der Waals surface area contributed by atoms with Crippen molar-refractivity contribution in [2.75, 3.05) is 6.54 Å². The maximum Gasteiger partial charge on any atom is 0.126 e. The third-order valence-electron chi connectivity index (χ3n) is 1.57. The van der Waals surface area contributed by atoms with Crippen LogP contribution in [0.15, 0.2) is 12.7 Å². The first kappa shape index (κ1) is 9.63. The maximum absolute atomic E-state index is 13.3. The molecule has 0 aromatic carbocycles. The summed E-state index contributed by atoms with van der Waals surface area (Å²) in [7, 11) is 0. The molecule has 0 bridgehead atoms. The SMILES string of the molecule is C=CCC(F)(CN)CCC. The van der Waals surface area contributed by atoms with Crippen molar-refractivity contribution >= 4 is 0 Å². The Morgan fingerprint density at radius 3 is 2.60 bits per heavy atom. The number of nitrogens with two attached hydrogens (primary N) is 1. The number of hydrogen-bond donors (Lipinski definition) is 1. The predicted molar refractivity (Wildman–Crippen MR) is 42.6 cm³/mol. The Morgan fingerprint density at radius 2 is 2.30 bits per heavy atom. The lowest BCUT2D eigenvalue weighted by atomic mass is 9.96. The molecule has 0 amide bonds. The van der Waals surface area contributed by atoms with Gasteiger partial charge in [-0.15, -0.1) is 6.58 Å². The largest absolute Gasteiger partial charge is 0.328 e. The van der Waals surface area contributed by atoms with E-state index in [-0.39, 0.29) is 6.54 Å². The number of alkyl halides is 1. The average Bonchev–Trinajstić information content (AvgIpc) is 1.89. The van der Waals surface area contributed by atoms with Gasteiger partial charge in [-0.1, -0.05) is 19.4 Å². The molecule has 0 heterocycles. The van der Waals surface area contributed by atoms with E-state index in [0.29, 0.717) is 12.8 Å². The Balaban J connectivity index is 3.80. The zero-order chi connectivity index (χ0) is 8.04. The lowest BCUT2D eigenvalue weighted by Crippen LogP contribution is -2.32. The molecule has 0 aromatic rings. The minimum Gasteiger partial charge on any atom is -0.328 e. The maximum atomic E-state index is 13.3. The molecule has 2 N–H and O–H groups in total. The Bertz CT molecular complexity index is 103. The molecule has 0 saturated carbocycles. The quantitative estimate of drug-likeness (QED) is 0.588. The number of rotatable bonds is 5. The highest BCUT2D eigenvalue weighted by molar-refractivity contribution is 4.87. The molecule has 0 aromatic heterocycles. The fourth-order valence-electron chi connectivity index (χ4n) is 0.994. The topological polar surface area (TPSA) is 26.0 Å². The lowest BCUT2D eigenvalue weighted by Gasteiger charge is -2.20. The number of allylic oxidation sites excluding steroid dienone is 1. The van der Waals surface area contributed by atoms with Gasteiger partial charge in [-0.3, -0.25) is 0 Å². The van der Waals surface area contributed by atoms with Crippen LogP contribution in [0.4, 0.5) is 4.39 Å². The van der Waals surface area contributed by atoms with Crippen LogP contribution >= 0.6 is 0 Å². The molecule has 0 fully saturated rings. The third kappa shape index (κ3) is 2.97. The molecule has 2 heteroatoms. The van der Waals surface area contributed by atoms with Gasteiger partial charge in [0.1, 0.15) is 5.67 Å². The van der Waals surface area contributed by atoms with Crippen LogP contribution in [0.2, 0.25) is 0 Å². The van der Waals surface area contributed by atoms with Crippen molar-refractivity contribution in [3.05, 3.63) is 12.7 Å². The van der Waals surface area contributed by atoms with Crippen LogP contribution in [-0.4, -0.2) is 12.2 Å². The van der Waals surface area contributed by atoms with E-state index >= 15 is 0 Å². The van der Waals surface area contributed by atoms with Gasteiger partial charge in [0.05, 0.1) is 0 Å². The van der Waals surface area contributed by atoms with E-state index in [4.69, 9.17) is 5.73 Å². The smallest absolute Gasteiger partial charge is 0.126 e. The van der Waals surface area contributed by atoms with Crippen LogP contribution in [0.3, 0.4) is 0 Å². The van der Waals surface area contributed by atoms with Crippen molar-refractivity contribution in [3.63, 3.8) is 0 Å². The van der Waals surface area contributed by atoms with Gasteiger partial charge in [-0.05, 0) is 6.42 Å². The van der Waals surface area contributed by atoms with E-state index < -0.39 is 5.67 Å². The van der Waals surface area contributed by atoms with Crippen molar-refractivity contribution in [2.45, 2.75) is 31.9 Å². The molecule has 0 aliphatic heterocycles. The third-order valence-corrected chi connectivity index (χ3v) is 1.57. The lowest BCUT2D eigenvalue weighted by molar-refractivity contribution is 0.162. The van der Waals surface area contributed by atoms with Crippen LogP contribution in [-0.2, 0) is 0 Å². The second-order valence-electron chi connectivity index (χ2n) is 2.60. The molecule has 60 valence electrons. The highest BCUT2D eigenvalue weighted by Crippen LogP contribution is 2.21. The standard InChI is InChI=1S/C8H16FN/c1-3-5-8(9,7-10)6-4-2/h3H,1,4-7,10H2,2H3. The predicted octanol–water partition coefficient (Wildman–Crippen LogP) is 2.03. The van der Waals surface area contributed by atoms with E-state index in [0.717, 1.165) is 6.42 Å². The molecular formula is C8H16FN. The van der Waals surface area contributed by atoms with Crippen molar-refractivity contribution in [1.82, 2.24) is 0 Å². The molecule has 0 spiro atoms. The van der Waals surface area contributed by atoms with E-state index in [1.165, 1.54) is 0 Å². The fourth-order valence-corrected chi connectivity index (χ4v) is 0.994. The van der Waals surface area contributed by atoms with Crippen molar-refractivity contribution in [2.24, 2.45) is 5.73 Å². The normalized spacial score (nSPS) is 16.3. The molecular weight excluding hydrogens is 129 g/mol. The first-order valence-corrected chi connectivity index (χ1v) is 3.68. The van der Waals surface area contributed by atoms with Gasteiger partial charge in [-0.2, -0.15) is 0 Å². The molecule has 1 nitrogen and oxygen atoms in total. The van der Waals surface area contributed by atoms with Crippen LogP contribution in [0.25, 0.3) is 0 Å². The van der Waals surface area contributed by atoms with Gasteiger partial charge in [0, 0.05) is 13.0 Å². The van der Waals surface area contributed by atoms with E-state index in [1.807, 2.05) is 6.92 Å². The van der Waals surface area contributed by atoms with E-state index in [2.05, 4.69) is 6.58 Å².